The zero-order valence-corrected chi connectivity index (χ0v) is 13.1. The largest absolute Gasteiger partial charge is 0.352 e. The fourth-order valence-electron chi connectivity index (χ4n) is 1.92. The number of nitrogens with one attached hydrogen (secondary N) is 1. The molecule has 0 aliphatic heterocycles. The summed E-state index contributed by atoms with van der Waals surface area (Å²) >= 11 is 3.50. The molecule has 0 aromatic carbocycles. The summed E-state index contributed by atoms with van der Waals surface area (Å²) in [6.07, 6.45) is 4.05. The van der Waals surface area contributed by atoms with Crippen LogP contribution < -0.4 is 5.32 Å². The number of hydrogen-bond acceptors (Lipinski definition) is 3. The molecule has 2 rings (SSSR count). The zero-order chi connectivity index (χ0) is 14.5. The van der Waals surface area contributed by atoms with Gasteiger partial charge in [-0.15, -0.1) is 0 Å². The summed E-state index contributed by atoms with van der Waals surface area (Å²) in [7, 11) is 0. The highest BCUT2D eigenvalue weighted by Gasteiger charge is 2.08. The van der Waals surface area contributed by atoms with Crippen LogP contribution in [0.15, 0.2) is 29.0 Å². The normalized spacial score (nSPS) is 10.6. The van der Waals surface area contributed by atoms with Crippen LogP contribution >= 0.6 is 15.9 Å². The third-order valence-electron chi connectivity index (χ3n) is 3.05. The molecule has 0 aliphatic rings. The van der Waals surface area contributed by atoms with Gasteiger partial charge in [-0.25, -0.2) is 0 Å². The van der Waals surface area contributed by atoms with Crippen molar-refractivity contribution in [3.05, 3.63) is 46.0 Å². The second-order valence-electron chi connectivity index (χ2n) is 4.56. The van der Waals surface area contributed by atoms with E-state index in [1.54, 1.807) is 24.5 Å². The molecule has 0 bridgehead atoms. The second-order valence-corrected chi connectivity index (χ2v) is 5.35. The number of aromatic nitrogens is 3. The van der Waals surface area contributed by atoms with Gasteiger partial charge in [-0.1, -0.05) is 0 Å². The van der Waals surface area contributed by atoms with Crippen LogP contribution in [0, 0.1) is 13.8 Å². The van der Waals surface area contributed by atoms with Gasteiger partial charge in [0.2, 0.25) is 0 Å². The van der Waals surface area contributed by atoms with Crippen molar-refractivity contribution in [3.63, 3.8) is 0 Å². The average Bonchev–Trinajstić information content (AvgIpc) is 2.71. The Bertz CT molecular complexity index is 595. The number of aryl methyl sites for hydroxylation is 2. The number of pyridine rings is 1. The van der Waals surface area contributed by atoms with Crippen molar-refractivity contribution >= 4 is 21.8 Å². The van der Waals surface area contributed by atoms with E-state index in [0.717, 1.165) is 28.8 Å². The van der Waals surface area contributed by atoms with Crippen LogP contribution in [-0.4, -0.2) is 27.2 Å². The first-order valence-electron chi connectivity index (χ1n) is 6.47. The van der Waals surface area contributed by atoms with Gasteiger partial charge in [-0.2, -0.15) is 5.10 Å². The van der Waals surface area contributed by atoms with Gasteiger partial charge in [0.05, 0.1) is 15.7 Å². The zero-order valence-electron chi connectivity index (χ0n) is 11.6. The summed E-state index contributed by atoms with van der Waals surface area (Å²) in [5.74, 6) is -0.0901. The topological polar surface area (TPSA) is 59.8 Å². The molecule has 0 saturated carbocycles. The SMILES string of the molecule is Cc1nn(CCCNC(=O)c2cccnc2)c(C)c1Br. The molecular formula is C14H17BrN4O. The van der Waals surface area contributed by atoms with Crippen LogP contribution in [0.3, 0.4) is 0 Å². The minimum atomic E-state index is -0.0901. The van der Waals surface area contributed by atoms with Crippen LogP contribution in [0.2, 0.25) is 0 Å². The lowest BCUT2D eigenvalue weighted by Gasteiger charge is -2.06. The smallest absolute Gasteiger partial charge is 0.252 e. The van der Waals surface area contributed by atoms with Gasteiger partial charge in [-0.3, -0.25) is 14.5 Å². The Hall–Kier alpha value is -1.69. The maximum Gasteiger partial charge on any atom is 0.252 e. The van der Waals surface area contributed by atoms with Gasteiger partial charge in [0, 0.05) is 31.2 Å². The van der Waals surface area contributed by atoms with E-state index in [2.05, 4.69) is 31.3 Å². The van der Waals surface area contributed by atoms with Crippen molar-refractivity contribution in [2.75, 3.05) is 6.54 Å². The standard InChI is InChI=1S/C14H17BrN4O/c1-10-13(15)11(2)19(18-10)8-4-7-17-14(20)12-5-3-6-16-9-12/h3,5-6,9H,4,7-8H2,1-2H3,(H,17,20). The van der Waals surface area contributed by atoms with Crippen molar-refractivity contribution in [1.29, 1.82) is 0 Å². The predicted molar refractivity (Wildman–Crippen MR) is 80.6 cm³/mol. The molecule has 2 aromatic rings. The molecular weight excluding hydrogens is 320 g/mol. The summed E-state index contributed by atoms with van der Waals surface area (Å²) in [6, 6.07) is 3.50. The Morgan fingerprint density at radius 3 is 2.85 bits per heavy atom. The number of rotatable bonds is 5. The fourth-order valence-corrected chi connectivity index (χ4v) is 2.21. The highest BCUT2D eigenvalue weighted by atomic mass is 79.9. The number of nitrogens with zero attached hydrogens (tertiary/aromatic N) is 3. The van der Waals surface area contributed by atoms with Crippen LogP contribution in [0.25, 0.3) is 0 Å². The third kappa shape index (κ3) is 3.45. The average molecular weight is 337 g/mol. The van der Waals surface area contributed by atoms with Crippen molar-refractivity contribution in [3.8, 4) is 0 Å². The first-order valence-corrected chi connectivity index (χ1v) is 7.26. The highest BCUT2D eigenvalue weighted by Crippen LogP contribution is 2.19. The summed E-state index contributed by atoms with van der Waals surface area (Å²) < 4.78 is 3.01. The summed E-state index contributed by atoms with van der Waals surface area (Å²) in [5.41, 5.74) is 2.68. The molecule has 1 N–H and O–H groups in total. The van der Waals surface area contributed by atoms with Gasteiger partial charge < -0.3 is 5.32 Å². The van der Waals surface area contributed by atoms with Crippen LogP contribution in [0.4, 0.5) is 0 Å². The molecule has 0 radical (unpaired) electrons. The lowest BCUT2D eigenvalue weighted by Crippen LogP contribution is -2.25. The van der Waals surface area contributed by atoms with Crippen LogP contribution in [0.1, 0.15) is 28.2 Å². The van der Waals surface area contributed by atoms with Crippen LogP contribution in [-0.2, 0) is 6.54 Å². The molecule has 0 aliphatic carbocycles. The van der Waals surface area contributed by atoms with E-state index in [-0.39, 0.29) is 5.91 Å². The van der Waals surface area contributed by atoms with E-state index < -0.39 is 0 Å². The van der Waals surface area contributed by atoms with Crippen molar-refractivity contribution < 1.29 is 4.79 Å². The van der Waals surface area contributed by atoms with Gasteiger partial charge in [-0.05, 0) is 48.3 Å². The number of amides is 1. The molecule has 106 valence electrons. The summed E-state index contributed by atoms with van der Waals surface area (Å²) in [5, 5.41) is 7.31. The van der Waals surface area contributed by atoms with Crippen LogP contribution in [0.5, 0.6) is 0 Å². The molecule has 2 aromatic heterocycles. The van der Waals surface area contributed by atoms with Gasteiger partial charge in [0.25, 0.3) is 5.91 Å². The van der Waals surface area contributed by atoms with E-state index in [1.807, 2.05) is 18.5 Å². The molecule has 0 spiro atoms. The molecule has 1 amide bonds. The molecule has 5 nitrogen and oxygen atoms in total. The molecule has 0 saturated heterocycles. The summed E-state index contributed by atoms with van der Waals surface area (Å²) in [6.45, 7) is 5.39. The van der Waals surface area contributed by atoms with Crippen molar-refractivity contribution in [2.45, 2.75) is 26.8 Å². The first kappa shape index (κ1) is 14.7. The van der Waals surface area contributed by atoms with Gasteiger partial charge in [0.1, 0.15) is 0 Å². The lowest BCUT2D eigenvalue weighted by molar-refractivity contribution is 0.0952. The van der Waals surface area contributed by atoms with E-state index in [0.29, 0.717) is 12.1 Å². The Balaban J connectivity index is 1.79. The molecule has 0 fully saturated rings. The monoisotopic (exact) mass is 336 g/mol. The predicted octanol–water partition coefficient (Wildman–Crippen LogP) is 2.48. The maximum absolute atomic E-state index is 11.8. The molecule has 0 atom stereocenters. The maximum atomic E-state index is 11.8. The quantitative estimate of drug-likeness (QED) is 0.853. The van der Waals surface area contributed by atoms with E-state index in [4.69, 9.17) is 0 Å². The van der Waals surface area contributed by atoms with Crippen molar-refractivity contribution in [1.82, 2.24) is 20.1 Å². The van der Waals surface area contributed by atoms with Crippen molar-refractivity contribution in [2.24, 2.45) is 0 Å². The first-order chi connectivity index (χ1) is 9.59. The third-order valence-corrected chi connectivity index (χ3v) is 4.20. The number of hydrogen-bond donors (Lipinski definition) is 1. The number of carbonyl (C=O) groups excluding carboxylic acids is 1. The van der Waals surface area contributed by atoms with Gasteiger partial charge >= 0.3 is 0 Å². The van der Waals surface area contributed by atoms with E-state index in [9.17, 15) is 4.79 Å². The van der Waals surface area contributed by atoms with E-state index >= 15 is 0 Å². The lowest BCUT2D eigenvalue weighted by atomic mass is 10.2. The minimum Gasteiger partial charge on any atom is -0.352 e. The second kappa shape index (κ2) is 6.65. The Morgan fingerprint density at radius 1 is 1.45 bits per heavy atom. The summed E-state index contributed by atoms with van der Waals surface area (Å²) in [4.78, 5) is 15.7. The number of halogens is 1. The fraction of sp³-hybridized carbons (Fsp3) is 0.357. The Morgan fingerprint density at radius 2 is 2.25 bits per heavy atom. The number of carbonyl (C=O) groups is 1. The Labute approximate surface area is 126 Å². The molecule has 2 heterocycles. The minimum absolute atomic E-state index is 0.0901. The van der Waals surface area contributed by atoms with E-state index in [1.165, 1.54) is 0 Å². The highest BCUT2D eigenvalue weighted by molar-refractivity contribution is 9.10. The molecule has 6 heteroatoms. The van der Waals surface area contributed by atoms with Gasteiger partial charge in [0.15, 0.2) is 0 Å². The molecule has 20 heavy (non-hydrogen) atoms. The molecule has 0 unspecified atom stereocenters. The Kier molecular flexibility index (Phi) is 4.89.